The minimum absolute atomic E-state index is 0.0371. The third kappa shape index (κ3) is 3.06. The number of piperidine rings is 1. The zero-order chi connectivity index (χ0) is 19.8. The lowest BCUT2D eigenvalue weighted by Gasteiger charge is -2.32. The molecular weight excluding hydrogens is 364 g/mol. The van der Waals surface area contributed by atoms with Crippen LogP contribution < -0.4 is 5.69 Å². The van der Waals surface area contributed by atoms with Crippen molar-refractivity contribution >= 4 is 22.9 Å². The molecule has 4 rings (SSSR count). The number of hydrogen-bond acceptors (Lipinski definition) is 5. The second-order valence-electron chi connectivity index (χ2n) is 6.94. The fourth-order valence-electron chi connectivity index (χ4n) is 3.70. The van der Waals surface area contributed by atoms with E-state index in [-0.39, 0.29) is 29.9 Å². The Labute approximate surface area is 159 Å². The Kier molecular flexibility index (Phi) is 4.46. The van der Waals surface area contributed by atoms with Gasteiger partial charge in [-0.1, -0.05) is 17.3 Å². The molecule has 1 aromatic carbocycles. The van der Waals surface area contributed by atoms with Crippen molar-refractivity contribution in [2.45, 2.75) is 25.4 Å². The van der Waals surface area contributed by atoms with E-state index in [0.29, 0.717) is 13.1 Å². The largest absolute Gasteiger partial charge is 0.476 e. The van der Waals surface area contributed by atoms with E-state index in [1.165, 1.54) is 20.0 Å². The van der Waals surface area contributed by atoms with Gasteiger partial charge in [0.25, 0.3) is 0 Å². The molecule has 1 aliphatic heterocycles. The summed E-state index contributed by atoms with van der Waals surface area (Å²) in [5.41, 5.74) is 1.15. The van der Waals surface area contributed by atoms with Gasteiger partial charge < -0.3 is 10.0 Å². The number of aromatic nitrogens is 5. The van der Waals surface area contributed by atoms with Gasteiger partial charge in [-0.3, -0.25) is 13.9 Å². The highest BCUT2D eigenvalue weighted by Crippen LogP contribution is 2.21. The van der Waals surface area contributed by atoms with E-state index < -0.39 is 5.97 Å². The summed E-state index contributed by atoms with van der Waals surface area (Å²) < 4.78 is 4.52. The van der Waals surface area contributed by atoms with Gasteiger partial charge >= 0.3 is 11.7 Å². The molecule has 28 heavy (non-hydrogen) atoms. The van der Waals surface area contributed by atoms with E-state index in [1.807, 2.05) is 24.3 Å². The quantitative estimate of drug-likeness (QED) is 0.700. The van der Waals surface area contributed by atoms with Crippen LogP contribution in [0.15, 0.2) is 35.3 Å². The Morgan fingerprint density at radius 3 is 2.71 bits per heavy atom. The van der Waals surface area contributed by atoms with Crippen molar-refractivity contribution in [3.8, 4) is 0 Å². The number of carboxylic acids is 1. The maximum atomic E-state index is 12.9. The van der Waals surface area contributed by atoms with Crippen LogP contribution in [0.25, 0.3) is 11.0 Å². The van der Waals surface area contributed by atoms with Crippen LogP contribution in [0, 0.1) is 0 Å². The molecule has 2 aromatic heterocycles. The molecule has 3 aromatic rings. The fourth-order valence-corrected chi connectivity index (χ4v) is 3.70. The third-order valence-electron chi connectivity index (χ3n) is 5.20. The summed E-state index contributed by atoms with van der Waals surface area (Å²) >= 11 is 0. The first-order valence-electron chi connectivity index (χ1n) is 9.03. The number of benzene rings is 1. The van der Waals surface area contributed by atoms with Gasteiger partial charge in [0.05, 0.1) is 23.3 Å². The van der Waals surface area contributed by atoms with Crippen molar-refractivity contribution in [1.29, 1.82) is 0 Å². The Bertz CT molecular complexity index is 1110. The maximum Gasteiger partial charge on any atom is 0.358 e. The summed E-state index contributed by atoms with van der Waals surface area (Å²) in [4.78, 5) is 38.1. The number of nitrogens with zero attached hydrogens (tertiary/aromatic N) is 6. The van der Waals surface area contributed by atoms with Gasteiger partial charge in [-0.2, -0.15) is 0 Å². The predicted molar refractivity (Wildman–Crippen MR) is 99.0 cm³/mol. The number of carbonyl (C=O) groups is 2. The van der Waals surface area contributed by atoms with Crippen LogP contribution in [0.1, 0.15) is 29.4 Å². The van der Waals surface area contributed by atoms with Gasteiger partial charge in [0.2, 0.25) is 5.91 Å². The fraction of sp³-hybridized carbons (Fsp3) is 0.389. The molecule has 1 atom stereocenters. The van der Waals surface area contributed by atoms with E-state index in [0.717, 1.165) is 23.9 Å². The lowest BCUT2D eigenvalue weighted by Crippen LogP contribution is -2.43. The number of aryl methyl sites for hydroxylation is 1. The first-order valence-corrected chi connectivity index (χ1v) is 9.03. The highest BCUT2D eigenvalue weighted by molar-refractivity contribution is 5.84. The Morgan fingerprint density at radius 2 is 2.00 bits per heavy atom. The van der Waals surface area contributed by atoms with Gasteiger partial charge in [-0.15, -0.1) is 5.10 Å². The Balaban J connectivity index is 1.53. The van der Waals surface area contributed by atoms with Gasteiger partial charge in [0.15, 0.2) is 5.69 Å². The number of amides is 1. The second kappa shape index (κ2) is 6.95. The van der Waals surface area contributed by atoms with Crippen LogP contribution in [0.4, 0.5) is 0 Å². The van der Waals surface area contributed by atoms with Crippen molar-refractivity contribution < 1.29 is 14.7 Å². The number of hydrogen-bond donors (Lipinski definition) is 1. The molecular formula is C18H20N6O4. The number of carboxylic acid groups (broad SMARTS) is 1. The molecule has 10 heteroatoms. The van der Waals surface area contributed by atoms with Crippen LogP contribution in [0.2, 0.25) is 0 Å². The minimum Gasteiger partial charge on any atom is -0.476 e. The van der Waals surface area contributed by atoms with Gasteiger partial charge in [0.1, 0.15) is 6.54 Å². The van der Waals surface area contributed by atoms with Crippen LogP contribution in [0.5, 0.6) is 0 Å². The number of likely N-dealkylation sites (tertiary alicyclic amines) is 1. The zero-order valence-electron chi connectivity index (χ0n) is 15.4. The number of fused-ring (bicyclic) bond motifs is 1. The Hall–Kier alpha value is -3.43. The highest BCUT2D eigenvalue weighted by atomic mass is 16.4. The summed E-state index contributed by atoms with van der Waals surface area (Å²) in [6, 6.07) is 7.23. The van der Waals surface area contributed by atoms with Crippen molar-refractivity contribution in [3.63, 3.8) is 0 Å². The molecule has 1 saturated heterocycles. The van der Waals surface area contributed by atoms with E-state index >= 15 is 0 Å². The lowest BCUT2D eigenvalue weighted by molar-refractivity contribution is -0.133. The Morgan fingerprint density at radius 1 is 1.25 bits per heavy atom. The second-order valence-corrected chi connectivity index (χ2v) is 6.94. The van der Waals surface area contributed by atoms with Crippen molar-refractivity contribution in [3.05, 3.63) is 46.6 Å². The molecule has 0 saturated carbocycles. The number of aromatic carboxylic acids is 1. The topological polar surface area (TPSA) is 115 Å². The highest BCUT2D eigenvalue weighted by Gasteiger charge is 2.27. The molecule has 10 nitrogen and oxygen atoms in total. The molecule has 3 heterocycles. The number of rotatable bonds is 4. The van der Waals surface area contributed by atoms with E-state index in [2.05, 4.69) is 10.3 Å². The van der Waals surface area contributed by atoms with Crippen LogP contribution >= 0.6 is 0 Å². The molecule has 1 amide bonds. The van der Waals surface area contributed by atoms with E-state index in [4.69, 9.17) is 5.11 Å². The molecule has 0 radical (unpaired) electrons. The molecule has 1 unspecified atom stereocenters. The lowest BCUT2D eigenvalue weighted by atomic mass is 10.1. The normalized spacial score (nSPS) is 17.2. The molecule has 146 valence electrons. The molecule has 1 aliphatic rings. The smallest absolute Gasteiger partial charge is 0.358 e. The predicted octanol–water partition coefficient (Wildman–Crippen LogP) is 0.493. The maximum absolute atomic E-state index is 12.9. The standard InChI is InChI=1S/C18H20N6O4/c1-21-14-6-2-3-7-15(14)23(18(21)28)11-16(25)22-8-4-5-12(9-22)24-10-13(17(26)27)19-20-24/h2-3,6-7,10,12H,4-5,8-9,11H2,1H3,(H,26,27). The SMILES string of the molecule is Cn1c(=O)n(CC(=O)N2CCCC(n3cc(C(=O)O)nn3)C2)c2ccccc21. The van der Waals surface area contributed by atoms with Gasteiger partial charge in [-0.05, 0) is 25.0 Å². The van der Waals surface area contributed by atoms with E-state index in [9.17, 15) is 14.4 Å². The van der Waals surface area contributed by atoms with Crippen LogP contribution in [-0.2, 0) is 18.4 Å². The molecule has 0 spiro atoms. The summed E-state index contributed by atoms with van der Waals surface area (Å²) in [6.45, 7) is 0.959. The van der Waals surface area contributed by atoms with Crippen molar-refractivity contribution in [2.75, 3.05) is 13.1 Å². The molecule has 0 aliphatic carbocycles. The van der Waals surface area contributed by atoms with E-state index in [1.54, 1.807) is 11.9 Å². The molecule has 0 bridgehead atoms. The van der Waals surface area contributed by atoms with Crippen LogP contribution in [-0.4, -0.2) is 59.1 Å². The minimum atomic E-state index is -1.13. The summed E-state index contributed by atoms with van der Waals surface area (Å²) in [5.74, 6) is -1.29. The third-order valence-corrected chi connectivity index (χ3v) is 5.20. The zero-order valence-corrected chi connectivity index (χ0v) is 15.4. The van der Waals surface area contributed by atoms with Gasteiger partial charge in [-0.25, -0.2) is 14.3 Å². The number of imidazole rings is 1. The number of para-hydroxylation sites is 2. The first kappa shape index (κ1) is 18.0. The molecule has 1 N–H and O–H groups in total. The summed E-state index contributed by atoms with van der Waals surface area (Å²) in [7, 11) is 1.69. The first-order chi connectivity index (χ1) is 13.5. The van der Waals surface area contributed by atoms with Crippen molar-refractivity contribution in [2.24, 2.45) is 7.05 Å². The van der Waals surface area contributed by atoms with Crippen LogP contribution in [0.3, 0.4) is 0 Å². The summed E-state index contributed by atoms with van der Waals surface area (Å²) in [6.07, 6.45) is 2.93. The molecule has 1 fully saturated rings. The van der Waals surface area contributed by atoms with Gasteiger partial charge in [0, 0.05) is 20.1 Å². The van der Waals surface area contributed by atoms with Crippen molar-refractivity contribution in [1.82, 2.24) is 29.0 Å². The average molecular weight is 384 g/mol. The number of carbonyl (C=O) groups excluding carboxylic acids is 1. The summed E-state index contributed by atoms with van der Waals surface area (Å²) in [5, 5.41) is 16.5. The average Bonchev–Trinajstić information content (AvgIpc) is 3.29. The monoisotopic (exact) mass is 384 g/mol.